The minimum absolute atomic E-state index is 0.198. The molecule has 0 aliphatic rings. The summed E-state index contributed by atoms with van der Waals surface area (Å²) in [5, 5.41) is 13.2. The van der Waals surface area contributed by atoms with Crippen LogP contribution in [0.25, 0.3) is 28.0 Å². The third-order valence-corrected chi connectivity index (χ3v) is 5.46. The van der Waals surface area contributed by atoms with E-state index in [0.29, 0.717) is 27.0 Å². The average molecular weight is 463 g/mol. The first-order valence-electron chi connectivity index (χ1n) is 9.77. The Bertz CT molecular complexity index is 1450. The molecule has 1 N–H and O–H groups in total. The largest absolute Gasteiger partial charge is 0.451 e. The molecule has 0 aliphatic carbocycles. The Hall–Kier alpha value is -3.61. The first kappa shape index (κ1) is 20.3. The van der Waals surface area contributed by atoms with Crippen LogP contribution in [-0.2, 0) is 0 Å². The monoisotopic (exact) mass is 462 g/mol. The number of fused-ring (bicyclic) bond motifs is 1. The fourth-order valence-electron chi connectivity index (χ4n) is 3.33. The molecular weight excluding hydrogens is 447 g/mol. The van der Waals surface area contributed by atoms with Gasteiger partial charge in [-0.1, -0.05) is 35.3 Å². The van der Waals surface area contributed by atoms with Crippen LogP contribution < -0.4 is 5.32 Å². The Balaban J connectivity index is 1.40. The normalized spacial score (nSPS) is 11.1. The van der Waals surface area contributed by atoms with Gasteiger partial charge in [-0.3, -0.25) is 4.79 Å². The van der Waals surface area contributed by atoms with Crippen LogP contribution in [0.3, 0.4) is 0 Å². The van der Waals surface area contributed by atoms with E-state index in [4.69, 9.17) is 27.6 Å². The number of nitrogens with one attached hydrogen (secondary N) is 1. The van der Waals surface area contributed by atoms with E-state index in [-0.39, 0.29) is 11.7 Å². The number of carbonyl (C=O) groups is 1. The van der Waals surface area contributed by atoms with Crippen molar-refractivity contribution in [1.82, 2.24) is 15.0 Å². The molecule has 0 radical (unpaired) electrons. The van der Waals surface area contributed by atoms with Crippen molar-refractivity contribution in [3.8, 4) is 17.0 Å². The van der Waals surface area contributed by atoms with Crippen LogP contribution in [0.1, 0.15) is 16.1 Å². The highest BCUT2D eigenvalue weighted by atomic mass is 35.5. The molecule has 2 heterocycles. The Morgan fingerprint density at radius 2 is 1.66 bits per heavy atom. The number of benzene rings is 3. The lowest BCUT2D eigenvalue weighted by Gasteiger charge is -2.06. The molecule has 2 aromatic heterocycles. The summed E-state index contributed by atoms with van der Waals surface area (Å²) < 4.78 is 5.74. The van der Waals surface area contributed by atoms with Gasteiger partial charge in [-0.25, -0.2) is 0 Å². The van der Waals surface area contributed by atoms with E-state index < -0.39 is 0 Å². The van der Waals surface area contributed by atoms with Gasteiger partial charge >= 0.3 is 0 Å². The number of halogens is 2. The van der Waals surface area contributed by atoms with Crippen molar-refractivity contribution in [3.05, 3.63) is 94.2 Å². The summed E-state index contributed by atoms with van der Waals surface area (Å²) in [6.45, 7) is 1.90. The smallest absolute Gasteiger partial charge is 0.291 e. The number of amides is 1. The number of hydrogen-bond donors (Lipinski definition) is 1. The highest BCUT2D eigenvalue weighted by Gasteiger charge is 2.15. The quantitative estimate of drug-likeness (QED) is 0.328. The second-order valence-electron chi connectivity index (χ2n) is 7.25. The molecule has 0 spiro atoms. The SMILES string of the molecule is Cc1cc2nn(-c3ccc(Cl)cc3)nc2cc1NC(=O)c1ccc(-c2cccc(Cl)c2)o1. The highest BCUT2D eigenvalue weighted by molar-refractivity contribution is 6.31. The zero-order valence-electron chi connectivity index (χ0n) is 16.8. The van der Waals surface area contributed by atoms with Gasteiger partial charge in [0.2, 0.25) is 0 Å². The van der Waals surface area contributed by atoms with E-state index in [0.717, 1.165) is 22.3 Å². The lowest BCUT2D eigenvalue weighted by Crippen LogP contribution is -2.11. The Labute approximate surface area is 193 Å². The van der Waals surface area contributed by atoms with Gasteiger partial charge in [0.25, 0.3) is 5.91 Å². The van der Waals surface area contributed by atoms with E-state index in [1.807, 2.05) is 37.3 Å². The molecule has 8 heteroatoms. The molecule has 0 bridgehead atoms. The molecule has 1 amide bonds. The summed E-state index contributed by atoms with van der Waals surface area (Å²) in [6.07, 6.45) is 0. The van der Waals surface area contributed by atoms with Crippen molar-refractivity contribution in [2.45, 2.75) is 6.92 Å². The van der Waals surface area contributed by atoms with Crippen LogP contribution in [-0.4, -0.2) is 20.9 Å². The molecule has 5 aromatic rings. The number of aromatic nitrogens is 3. The molecule has 0 atom stereocenters. The van der Waals surface area contributed by atoms with Crippen molar-refractivity contribution in [2.75, 3.05) is 5.32 Å². The third-order valence-electron chi connectivity index (χ3n) is 4.97. The first-order valence-corrected chi connectivity index (χ1v) is 10.5. The topological polar surface area (TPSA) is 73.0 Å². The average Bonchev–Trinajstić information content (AvgIpc) is 3.42. The fraction of sp³-hybridized carbons (Fsp3) is 0.0417. The molecule has 0 unspecified atom stereocenters. The number of aryl methyl sites for hydroxylation is 1. The minimum atomic E-state index is -0.356. The van der Waals surface area contributed by atoms with Crippen molar-refractivity contribution in [3.63, 3.8) is 0 Å². The highest BCUT2D eigenvalue weighted by Crippen LogP contribution is 2.27. The molecular formula is C24H16Cl2N4O2. The van der Waals surface area contributed by atoms with E-state index in [2.05, 4.69) is 15.5 Å². The molecule has 5 rings (SSSR count). The lowest BCUT2D eigenvalue weighted by molar-refractivity contribution is 0.0997. The molecule has 6 nitrogen and oxygen atoms in total. The van der Waals surface area contributed by atoms with Crippen molar-refractivity contribution >= 4 is 45.8 Å². The van der Waals surface area contributed by atoms with Crippen LogP contribution in [0.5, 0.6) is 0 Å². The van der Waals surface area contributed by atoms with Crippen LogP contribution in [0, 0.1) is 6.92 Å². The molecule has 158 valence electrons. The minimum Gasteiger partial charge on any atom is -0.451 e. The van der Waals surface area contributed by atoms with Crippen LogP contribution >= 0.6 is 23.2 Å². The number of anilines is 1. The van der Waals surface area contributed by atoms with Crippen LogP contribution in [0.4, 0.5) is 5.69 Å². The van der Waals surface area contributed by atoms with Crippen molar-refractivity contribution in [2.24, 2.45) is 0 Å². The van der Waals surface area contributed by atoms with E-state index in [1.165, 1.54) is 4.80 Å². The van der Waals surface area contributed by atoms with Gasteiger partial charge in [-0.05, 0) is 73.2 Å². The third kappa shape index (κ3) is 3.98. The summed E-state index contributed by atoms with van der Waals surface area (Å²) in [5.41, 5.74) is 4.45. The molecule has 0 fully saturated rings. The summed E-state index contributed by atoms with van der Waals surface area (Å²) >= 11 is 12.0. The molecule has 3 aromatic carbocycles. The Kier molecular flexibility index (Phi) is 5.17. The van der Waals surface area contributed by atoms with E-state index in [1.54, 1.807) is 42.5 Å². The second kappa shape index (κ2) is 8.15. The van der Waals surface area contributed by atoms with Crippen LogP contribution in [0.2, 0.25) is 10.0 Å². The van der Waals surface area contributed by atoms with Gasteiger partial charge in [0, 0.05) is 21.3 Å². The lowest BCUT2D eigenvalue weighted by atomic mass is 10.1. The number of carbonyl (C=O) groups excluding carboxylic acids is 1. The summed E-state index contributed by atoms with van der Waals surface area (Å²) in [6, 6.07) is 21.6. The van der Waals surface area contributed by atoms with Crippen molar-refractivity contribution in [1.29, 1.82) is 0 Å². The van der Waals surface area contributed by atoms with Gasteiger partial charge in [-0.15, -0.1) is 10.2 Å². The first-order chi connectivity index (χ1) is 15.5. The molecule has 32 heavy (non-hydrogen) atoms. The number of rotatable bonds is 4. The van der Waals surface area contributed by atoms with Gasteiger partial charge in [0.05, 0.1) is 5.69 Å². The summed E-state index contributed by atoms with van der Waals surface area (Å²) in [5.74, 6) is 0.408. The Morgan fingerprint density at radius 1 is 0.906 bits per heavy atom. The predicted octanol–water partition coefficient (Wildman–Crippen LogP) is 6.55. The number of furan rings is 1. The Morgan fingerprint density at radius 3 is 2.41 bits per heavy atom. The standard InChI is InChI=1S/C24H16Cl2N4O2/c1-14-11-20-21(29-30(28-20)18-7-5-16(25)6-8-18)13-19(14)27-24(31)23-10-9-22(32-23)15-3-2-4-17(26)12-15/h2-13H,1H3,(H,27,31). The van der Waals surface area contributed by atoms with Crippen molar-refractivity contribution < 1.29 is 9.21 Å². The second-order valence-corrected chi connectivity index (χ2v) is 8.12. The number of hydrogen-bond acceptors (Lipinski definition) is 4. The van der Waals surface area contributed by atoms with Crippen LogP contribution in [0.15, 0.2) is 77.2 Å². The van der Waals surface area contributed by atoms with Gasteiger partial charge in [0.1, 0.15) is 16.8 Å². The maximum Gasteiger partial charge on any atom is 0.291 e. The van der Waals surface area contributed by atoms with Gasteiger partial charge < -0.3 is 9.73 Å². The van der Waals surface area contributed by atoms with Gasteiger partial charge in [-0.2, -0.15) is 4.80 Å². The zero-order valence-corrected chi connectivity index (χ0v) is 18.4. The van der Waals surface area contributed by atoms with Gasteiger partial charge in [0.15, 0.2) is 5.76 Å². The fourth-order valence-corrected chi connectivity index (χ4v) is 3.65. The zero-order chi connectivity index (χ0) is 22.2. The molecule has 0 saturated heterocycles. The van der Waals surface area contributed by atoms with E-state index >= 15 is 0 Å². The molecule has 0 aliphatic heterocycles. The number of nitrogens with zero attached hydrogens (tertiary/aromatic N) is 3. The summed E-state index contributed by atoms with van der Waals surface area (Å²) in [7, 11) is 0. The molecule has 0 saturated carbocycles. The maximum absolute atomic E-state index is 12.8. The maximum atomic E-state index is 12.8. The predicted molar refractivity (Wildman–Crippen MR) is 126 cm³/mol. The van der Waals surface area contributed by atoms with E-state index in [9.17, 15) is 4.79 Å². The summed E-state index contributed by atoms with van der Waals surface area (Å²) in [4.78, 5) is 14.3.